The first-order valence-electron chi connectivity index (χ1n) is 7.83. The van der Waals surface area contributed by atoms with Gasteiger partial charge >= 0.3 is 0 Å². The van der Waals surface area contributed by atoms with E-state index >= 15 is 0 Å². The fraction of sp³-hybridized carbons (Fsp3) is 0.222. The number of amides is 1. The maximum absolute atomic E-state index is 12.1. The Bertz CT molecular complexity index is 938. The molecule has 120 valence electrons. The van der Waals surface area contributed by atoms with Gasteiger partial charge in [0.2, 0.25) is 5.91 Å². The Balaban J connectivity index is 2.12. The quantitative estimate of drug-likeness (QED) is 0.741. The summed E-state index contributed by atoms with van der Waals surface area (Å²) < 4.78 is 1.65. The Labute approximate surface area is 140 Å². The molecule has 3 aromatic rings. The molecule has 24 heavy (non-hydrogen) atoms. The standard InChI is InChI=1S/C18H17N5O/c1-3-17(24)22(4-2)15-7-5-6-13(10-15)16-8-9-20-18-14(11-19)12-21-23(16)18/h5-10,12H,3-4H2,1-2H3. The van der Waals surface area contributed by atoms with Crippen molar-refractivity contribution in [3.8, 4) is 17.3 Å². The third-order valence-electron chi connectivity index (χ3n) is 3.90. The highest BCUT2D eigenvalue weighted by Crippen LogP contribution is 2.25. The second kappa shape index (κ2) is 6.50. The molecular weight excluding hydrogens is 302 g/mol. The van der Waals surface area contributed by atoms with E-state index in [1.165, 1.54) is 6.20 Å². The van der Waals surface area contributed by atoms with E-state index in [-0.39, 0.29) is 5.91 Å². The molecule has 0 saturated heterocycles. The van der Waals surface area contributed by atoms with Gasteiger partial charge in [0.1, 0.15) is 11.6 Å². The fourth-order valence-electron chi connectivity index (χ4n) is 2.72. The van der Waals surface area contributed by atoms with Gasteiger partial charge < -0.3 is 4.90 Å². The van der Waals surface area contributed by atoms with Gasteiger partial charge in [0.25, 0.3) is 0 Å². The fourth-order valence-corrected chi connectivity index (χ4v) is 2.72. The number of hydrogen-bond acceptors (Lipinski definition) is 4. The molecule has 0 bridgehead atoms. The van der Waals surface area contributed by atoms with Crippen LogP contribution in [0, 0.1) is 11.3 Å². The van der Waals surface area contributed by atoms with Gasteiger partial charge in [-0.1, -0.05) is 19.1 Å². The summed E-state index contributed by atoms with van der Waals surface area (Å²) in [6, 6.07) is 11.7. The minimum absolute atomic E-state index is 0.0837. The van der Waals surface area contributed by atoms with Crippen LogP contribution in [0.1, 0.15) is 25.8 Å². The number of fused-ring (bicyclic) bond motifs is 1. The molecule has 0 spiro atoms. The minimum atomic E-state index is 0.0837. The van der Waals surface area contributed by atoms with E-state index in [1.54, 1.807) is 15.6 Å². The zero-order valence-corrected chi connectivity index (χ0v) is 13.6. The number of hydrogen-bond donors (Lipinski definition) is 0. The van der Waals surface area contributed by atoms with Crippen LogP contribution in [-0.2, 0) is 4.79 Å². The normalized spacial score (nSPS) is 10.5. The van der Waals surface area contributed by atoms with E-state index < -0.39 is 0 Å². The highest BCUT2D eigenvalue weighted by Gasteiger charge is 2.14. The van der Waals surface area contributed by atoms with E-state index in [9.17, 15) is 4.79 Å². The van der Waals surface area contributed by atoms with Crippen molar-refractivity contribution in [1.82, 2.24) is 14.6 Å². The molecule has 2 heterocycles. The summed E-state index contributed by atoms with van der Waals surface area (Å²) in [6.07, 6.45) is 3.63. The van der Waals surface area contributed by atoms with Crippen LogP contribution in [0.4, 0.5) is 5.69 Å². The second-order valence-corrected chi connectivity index (χ2v) is 5.28. The highest BCUT2D eigenvalue weighted by molar-refractivity contribution is 5.93. The van der Waals surface area contributed by atoms with Crippen LogP contribution < -0.4 is 4.90 Å². The third kappa shape index (κ3) is 2.61. The van der Waals surface area contributed by atoms with Crippen molar-refractivity contribution in [2.45, 2.75) is 20.3 Å². The summed E-state index contributed by atoms with van der Waals surface area (Å²) in [6.45, 7) is 4.42. The molecule has 0 radical (unpaired) electrons. The first kappa shape index (κ1) is 15.7. The van der Waals surface area contributed by atoms with Gasteiger partial charge in [-0.05, 0) is 25.1 Å². The number of anilines is 1. The van der Waals surface area contributed by atoms with Gasteiger partial charge in [0.15, 0.2) is 5.65 Å². The van der Waals surface area contributed by atoms with Gasteiger partial charge in [0.05, 0.1) is 11.9 Å². The summed E-state index contributed by atoms with van der Waals surface area (Å²) >= 11 is 0. The van der Waals surface area contributed by atoms with Crippen LogP contribution in [0.3, 0.4) is 0 Å². The Morgan fingerprint density at radius 1 is 1.33 bits per heavy atom. The molecule has 1 amide bonds. The zero-order chi connectivity index (χ0) is 17.1. The predicted octanol–water partition coefficient (Wildman–Crippen LogP) is 3.03. The largest absolute Gasteiger partial charge is 0.313 e. The van der Waals surface area contributed by atoms with Crippen LogP contribution >= 0.6 is 0 Å². The lowest BCUT2D eigenvalue weighted by Gasteiger charge is -2.21. The van der Waals surface area contributed by atoms with Crippen molar-refractivity contribution < 1.29 is 4.79 Å². The number of benzene rings is 1. The van der Waals surface area contributed by atoms with Gasteiger partial charge in [-0.2, -0.15) is 10.4 Å². The number of carbonyl (C=O) groups is 1. The van der Waals surface area contributed by atoms with E-state index in [0.717, 1.165) is 16.9 Å². The van der Waals surface area contributed by atoms with Crippen molar-refractivity contribution in [1.29, 1.82) is 5.26 Å². The average Bonchev–Trinajstić information content (AvgIpc) is 3.05. The molecule has 0 unspecified atom stereocenters. The maximum Gasteiger partial charge on any atom is 0.226 e. The minimum Gasteiger partial charge on any atom is -0.313 e. The molecule has 0 saturated carbocycles. The Morgan fingerprint density at radius 2 is 2.17 bits per heavy atom. The smallest absolute Gasteiger partial charge is 0.226 e. The molecule has 2 aromatic heterocycles. The van der Waals surface area contributed by atoms with Gasteiger partial charge in [-0.3, -0.25) is 4.79 Å². The molecule has 0 fully saturated rings. The number of aromatic nitrogens is 3. The van der Waals surface area contributed by atoms with E-state index in [0.29, 0.717) is 24.2 Å². The number of rotatable bonds is 4. The van der Waals surface area contributed by atoms with Crippen molar-refractivity contribution in [2.24, 2.45) is 0 Å². The molecular formula is C18H17N5O. The molecule has 0 N–H and O–H groups in total. The lowest BCUT2D eigenvalue weighted by atomic mass is 10.1. The molecule has 6 nitrogen and oxygen atoms in total. The van der Waals surface area contributed by atoms with Crippen molar-refractivity contribution in [3.05, 3.63) is 48.3 Å². The molecule has 6 heteroatoms. The lowest BCUT2D eigenvalue weighted by Crippen LogP contribution is -2.29. The Morgan fingerprint density at radius 3 is 2.88 bits per heavy atom. The SMILES string of the molecule is CCC(=O)N(CC)c1cccc(-c2ccnc3c(C#N)cnn23)c1. The first-order valence-corrected chi connectivity index (χ1v) is 7.83. The summed E-state index contributed by atoms with van der Waals surface area (Å²) in [4.78, 5) is 18.1. The van der Waals surface area contributed by atoms with Crippen molar-refractivity contribution in [3.63, 3.8) is 0 Å². The van der Waals surface area contributed by atoms with E-state index in [2.05, 4.69) is 16.2 Å². The Kier molecular flexibility index (Phi) is 4.25. The maximum atomic E-state index is 12.1. The summed E-state index contributed by atoms with van der Waals surface area (Å²) in [7, 11) is 0. The van der Waals surface area contributed by atoms with Crippen LogP contribution in [0.5, 0.6) is 0 Å². The molecule has 1 aromatic carbocycles. The summed E-state index contributed by atoms with van der Waals surface area (Å²) in [5.74, 6) is 0.0837. The number of nitriles is 1. The van der Waals surface area contributed by atoms with Gasteiger partial charge in [0, 0.05) is 30.4 Å². The van der Waals surface area contributed by atoms with Crippen LogP contribution in [0.2, 0.25) is 0 Å². The summed E-state index contributed by atoms with van der Waals surface area (Å²) in [5.41, 5.74) is 3.54. The number of carbonyl (C=O) groups excluding carboxylic acids is 1. The van der Waals surface area contributed by atoms with Crippen molar-refractivity contribution >= 4 is 17.2 Å². The molecule has 0 aliphatic carbocycles. The molecule has 0 aliphatic rings. The van der Waals surface area contributed by atoms with Crippen LogP contribution in [-0.4, -0.2) is 27.0 Å². The van der Waals surface area contributed by atoms with Crippen molar-refractivity contribution in [2.75, 3.05) is 11.4 Å². The van der Waals surface area contributed by atoms with Crippen LogP contribution in [0.25, 0.3) is 16.9 Å². The first-order chi connectivity index (χ1) is 11.7. The van der Waals surface area contributed by atoms with Gasteiger partial charge in [-0.15, -0.1) is 0 Å². The molecule has 3 rings (SSSR count). The molecule has 0 aliphatic heterocycles. The highest BCUT2D eigenvalue weighted by atomic mass is 16.2. The predicted molar refractivity (Wildman–Crippen MR) is 91.5 cm³/mol. The lowest BCUT2D eigenvalue weighted by molar-refractivity contribution is -0.118. The Hall–Kier alpha value is -3.20. The number of nitrogens with zero attached hydrogens (tertiary/aromatic N) is 5. The second-order valence-electron chi connectivity index (χ2n) is 5.28. The van der Waals surface area contributed by atoms with Crippen LogP contribution in [0.15, 0.2) is 42.7 Å². The molecule has 0 atom stereocenters. The monoisotopic (exact) mass is 319 g/mol. The topological polar surface area (TPSA) is 74.3 Å². The average molecular weight is 319 g/mol. The van der Waals surface area contributed by atoms with Gasteiger partial charge in [-0.25, -0.2) is 9.50 Å². The van der Waals surface area contributed by atoms with E-state index in [4.69, 9.17) is 5.26 Å². The van der Waals surface area contributed by atoms with E-state index in [1.807, 2.05) is 44.2 Å². The third-order valence-corrected chi connectivity index (χ3v) is 3.90. The summed E-state index contributed by atoms with van der Waals surface area (Å²) in [5, 5.41) is 13.4. The zero-order valence-electron chi connectivity index (χ0n) is 13.6.